The van der Waals surface area contributed by atoms with Crippen LogP contribution in [0.1, 0.15) is 12.5 Å². The molecule has 0 fully saturated rings. The quantitative estimate of drug-likeness (QED) is 0.811. The monoisotopic (exact) mass is 259 g/mol. The van der Waals surface area contributed by atoms with Gasteiger partial charge in [-0.3, -0.25) is 0 Å². The van der Waals surface area contributed by atoms with Crippen molar-refractivity contribution in [3.63, 3.8) is 0 Å². The second-order valence-electron chi connectivity index (χ2n) is 5.01. The molecular weight excluding hydrogens is 240 g/mol. The smallest absolute Gasteiger partial charge is 0.163 e. The lowest BCUT2D eigenvalue weighted by Gasteiger charge is -2.30. The van der Waals surface area contributed by atoms with E-state index in [1.54, 1.807) is 18.9 Å². The Morgan fingerprint density at radius 1 is 1.22 bits per heavy atom. The van der Waals surface area contributed by atoms with Crippen molar-refractivity contribution in [1.82, 2.24) is 4.90 Å². The highest BCUT2D eigenvalue weighted by atomic mass is 19.2. The molecule has 0 saturated heterocycles. The summed E-state index contributed by atoms with van der Waals surface area (Å²) in [5.41, 5.74) is -0.394. The maximum Gasteiger partial charge on any atom is 0.163 e. The van der Waals surface area contributed by atoms with Gasteiger partial charge in [-0.05, 0) is 13.1 Å². The van der Waals surface area contributed by atoms with Crippen LogP contribution in [0, 0.1) is 17.0 Å². The second kappa shape index (κ2) is 6.22. The predicted molar refractivity (Wildman–Crippen MR) is 65.0 cm³/mol. The molecule has 1 rings (SSSR count). The van der Waals surface area contributed by atoms with Gasteiger partial charge in [0.25, 0.3) is 0 Å². The normalized spacial score (nSPS) is 12.2. The van der Waals surface area contributed by atoms with E-state index in [2.05, 4.69) is 0 Å². The third kappa shape index (κ3) is 3.73. The molecule has 3 nitrogen and oxygen atoms in total. The van der Waals surface area contributed by atoms with Crippen molar-refractivity contribution < 1.29 is 19.0 Å². The number of hydrogen-bond acceptors (Lipinski definition) is 3. The fraction of sp³-hybridized carbons (Fsp3) is 0.538. The number of benzene rings is 1. The minimum atomic E-state index is -0.868. The van der Waals surface area contributed by atoms with Gasteiger partial charge in [0.2, 0.25) is 0 Å². The van der Waals surface area contributed by atoms with E-state index in [0.29, 0.717) is 6.54 Å². The summed E-state index contributed by atoms with van der Waals surface area (Å²) in [5.74, 6) is -1.72. The molecule has 0 aliphatic heterocycles. The molecule has 0 amide bonds. The van der Waals surface area contributed by atoms with Gasteiger partial charge in [0.05, 0.1) is 13.2 Å². The van der Waals surface area contributed by atoms with Gasteiger partial charge in [-0.1, -0.05) is 19.1 Å². The molecule has 1 aromatic carbocycles. The van der Waals surface area contributed by atoms with Crippen LogP contribution in [0.4, 0.5) is 8.78 Å². The lowest BCUT2D eigenvalue weighted by molar-refractivity contribution is 0.0399. The molecule has 0 spiro atoms. The van der Waals surface area contributed by atoms with Gasteiger partial charge in [-0.15, -0.1) is 0 Å². The number of aliphatic hydroxyl groups is 2. The first-order chi connectivity index (χ1) is 8.41. The Kier molecular flexibility index (Phi) is 5.19. The maximum absolute atomic E-state index is 13.5. The van der Waals surface area contributed by atoms with Crippen molar-refractivity contribution >= 4 is 0 Å². The molecular formula is C13H19F2NO2. The Morgan fingerprint density at radius 3 is 2.39 bits per heavy atom. The Bertz CT molecular complexity index is 395. The molecule has 0 heterocycles. The predicted octanol–water partition coefficient (Wildman–Crippen LogP) is 1.39. The van der Waals surface area contributed by atoms with Gasteiger partial charge < -0.3 is 15.1 Å². The number of aliphatic hydroxyl groups excluding tert-OH is 2. The van der Waals surface area contributed by atoms with Crippen molar-refractivity contribution in [3.8, 4) is 0 Å². The summed E-state index contributed by atoms with van der Waals surface area (Å²) in [7, 11) is 1.73. The van der Waals surface area contributed by atoms with Crippen LogP contribution in [0.5, 0.6) is 0 Å². The SMILES string of the molecule is CN(Cc1cccc(F)c1F)CC(C)(CO)CO. The van der Waals surface area contributed by atoms with E-state index in [-0.39, 0.29) is 25.3 Å². The minimum absolute atomic E-state index is 0.167. The first kappa shape index (κ1) is 15.0. The van der Waals surface area contributed by atoms with Gasteiger partial charge in [0, 0.05) is 24.1 Å². The zero-order chi connectivity index (χ0) is 13.8. The van der Waals surface area contributed by atoms with Crippen LogP contribution in [0.15, 0.2) is 18.2 Å². The molecule has 0 aliphatic rings. The highest BCUT2D eigenvalue weighted by Crippen LogP contribution is 2.18. The summed E-state index contributed by atoms with van der Waals surface area (Å²) in [6.07, 6.45) is 0. The first-order valence-corrected chi connectivity index (χ1v) is 5.75. The van der Waals surface area contributed by atoms with Gasteiger partial charge in [-0.25, -0.2) is 8.78 Å². The molecule has 1 aromatic rings. The lowest BCUT2D eigenvalue weighted by atomic mass is 9.92. The third-order valence-electron chi connectivity index (χ3n) is 2.89. The fourth-order valence-corrected chi connectivity index (χ4v) is 1.82. The third-order valence-corrected chi connectivity index (χ3v) is 2.89. The van der Waals surface area contributed by atoms with E-state index in [9.17, 15) is 19.0 Å². The van der Waals surface area contributed by atoms with E-state index >= 15 is 0 Å². The van der Waals surface area contributed by atoms with Crippen LogP contribution < -0.4 is 0 Å². The number of hydrogen-bond donors (Lipinski definition) is 2. The van der Waals surface area contributed by atoms with Crippen molar-refractivity contribution in [2.45, 2.75) is 13.5 Å². The second-order valence-corrected chi connectivity index (χ2v) is 5.01. The molecule has 0 aliphatic carbocycles. The van der Waals surface area contributed by atoms with Crippen molar-refractivity contribution in [2.75, 3.05) is 26.8 Å². The van der Waals surface area contributed by atoms with Crippen LogP contribution in [0.25, 0.3) is 0 Å². The van der Waals surface area contributed by atoms with Gasteiger partial charge in [0.15, 0.2) is 11.6 Å². The van der Waals surface area contributed by atoms with Gasteiger partial charge >= 0.3 is 0 Å². The van der Waals surface area contributed by atoms with Crippen molar-refractivity contribution in [3.05, 3.63) is 35.4 Å². The Morgan fingerprint density at radius 2 is 1.83 bits per heavy atom. The maximum atomic E-state index is 13.5. The summed E-state index contributed by atoms with van der Waals surface area (Å²) >= 11 is 0. The average molecular weight is 259 g/mol. The molecule has 0 unspecified atom stereocenters. The number of halogens is 2. The molecule has 0 aromatic heterocycles. The summed E-state index contributed by atoms with van der Waals surface area (Å²) < 4.78 is 26.5. The number of nitrogens with zero attached hydrogens (tertiary/aromatic N) is 1. The van der Waals surface area contributed by atoms with Crippen LogP contribution in [0.2, 0.25) is 0 Å². The van der Waals surface area contributed by atoms with E-state index in [1.165, 1.54) is 12.1 Å². The standard InChI is InChI=1S/C13H19F2NO2/c1-13(8-17,9-18)7-16(2)6-10-4-3-5-11(14)12(10)15/h3-5,17-18H,6-9H2,1-2H3. The Balaban J connectivity index is 2.70. The largest absolute Gasteiger partial charge is 0.396 e. The summed E-state index contributed by atoms with van der Waals surface area (Å²) in [4.78, 5) is 1.74. The van der Waals surface area contributed by atoms with Crippen LogP contribution in [0.3, 0.4) is 0 Å². The summed E-state index contributed by atoms with van der Waals surface area (Å²) in [5, 5.41) is 18.4. The summed E-state index contributed by atoms with van der Waals surface area (Å²) in [6.45, 7) is 2.00. The topological polar surface area (TPSA) is 43.7 Å². The molecule has 0 radical (unpaired) electrons. The van der Waals surface area contributed by atoms with Crippen LogP contribution >= 0.6 is 0 Å². The molecule has 0 saturated carbocycles. The van der Waals surface area contributed by atoms with E-state index in [1.807, 2.05) is 0 Å². The highest BCUT2D eigenvalue weighted by Gasteiger charge is 2.24. The first-order valence-electron chi connectivity index (χ1n) is 5.75. The molecule has 5 heteroatoms. The summed E-state index contributed by atoms with van der Waals surface area (Å²) in [6, 6.07) is 4.05. The van der Waals surface area contributed by atoms with Gasteiger partial charge in [-0.2, -0.15) is 0 Å². The highest BCUT2D eigenvalue weighted by molar-refractivity contribution is 5.18. The van der Waals surface area contributed by atoms with Crippen LogP contribution in [-0.4, -0.2) is 41.9 Å². The molecule has 0 atom stereocenters. The molecule has 18 heavy (non-hydrogen) atoms. The van der Waals surface area contributed by atoms with Crippen molar-refractivity contribution in [2.24, 2.45) is 5.41 Å². The number of rotatable bonds is 6. The molecule has 2 N–H and O–H groups in total. The van der Waals surface area contributed by atoms with E-state index < -0.39 is 17.0 Å². The fourth-order valence-electron chi connectivity index (χ4n) is 1.82. The minimum Gasteiger partial charge on any atom is -0.396 e. The zero-order valence-electron chi connectivity index (χ0n) is 10.7. The van der Waals surface area contributed by atoms with Crippen molar-refractivity contribution in [1.29, 1.82) is 0 Å². The molecule has 102 valence electrons. The Hall–Kier alpha value is -1.04. The zero-order valence-corrected chi connectivity index (χ0v) is 10.7. The van der Waals surface area contributed by atoms with Crippen LogP contribution in [-0.2, 0) is 6.54 Å². The Labute approximate surface area is 106 Å². The van der Waals surface area contributed by atoms with E-state index in [4.69, 9.17) is 0 Å². The average Bonchev–Trinajstić information content (AvgIpc) is 2.34. The lowest BCUT2D eigenvalue weighted by Crippen LogP contribution is -2.38. The molecule has 0 bridgehead atoms. The van der Waals surface area contributed by atoms with E-state index in [0.717, 1.165) is 6.07 Å². The van der Waals surface area contributed by atoms with Gasteiger partial charge in [0.1, 0.15) is 0 Å².